The number of nitrogens with one attached hydrogen (secondary N) is 2. The van der Waals surface area contributed by atoms with Gasteiger partial charge >= 0.3 is 0 Å². The lowest BCUT2D eigenvalue weighted by Gasteiger charge is -2.27. The van der Waals surface area contributed by atoms with Gasteiger partial charge in [0.15, 0.2) is 5.96 Å². The van der Waals surface area contributed by atoms with Gasteiger partial charge in [0.1, 0.15) is 0 Å². The molecule has 0 bridgehead atoms. The number of guanidine groups is 1. The molecule has 0 aliphatic carbocycles. The minimum Gasteiger partial charge on any atom is -0.370 e. The van der Waals surface area contributed by atoms with E-state index >= 15 is 0 Å². The molecule has 0 radical (unpaired) electrons. The molecule has 6 heteroatoms. The summed E-state index contributed by atoms with van der Waals surface area (Å²) in [5.74, 6) is 2.12. The van der Waals surface area contributed by atoms with Crippen molar-refractivity contribution in [3.05, 3.63) is 30.3 Å². The Labute approximate surface area is 162 Å². The molecule has 0 spiro atoms. The number of anilines is 1. The largest absolute Gasteiger partial charge is 0.370 e. The van der Waals surface area contributed by atoms with Crippen LogP contribution in [0.1, 0.15) is 19.8 Å². The summed E-state index contributed by atoms with van der Waals surface area (Å²) in [4.78, 5) is 6.56. The molecule has 1 atom stereocenters. The van der Waals surface area contributed by atoms with Crippen molar-refractivity contribution in [2.75, 3.05) is 44.1 Å². The second-order valence-electron chi connectivity index (χ2n) is 5.38. The van der Waals surface area contributed by atoms with Crippen LogP contribution in [0.25, 0.3) is 0 Å². The number of halogens is 1. The van der Waals surface area contributed by atoms with Gasteiger partial charge < -0.3 is 15.5 Å². The zero-order valence-corrected chi connectivity index (χ0v) is 17.9. The minimum atomic E-state index is 0. The molecule has 132 valence electrons. The highest BCUT2D eigenvalue weighted by atomic mass is 127. The number of likely N-dealkylation sites (N-methyl/N-ethyl adjacent to an activating group) is 1. The summed E-state index contributed by atoms with van der Waals surface area (Å²) in [6, 6.07) is 10.8. The van der Waals surface area contributed by atoms with Gasteiger partial charge in [-0.1, -0.05) is 18.2 Å². The summed E-state index contributed by atoms with van der Waals surface area (Å²) in [7, 11) is 3.95. The Balaban J connectivity index is 0.00000484. The predicted molar refractivity (Wildman–Crippen MR) is 117 cm³/mol. The third-order valence-electron chi connectivity index (χ3n) is 3.68. The van der Waals surface area contributed by atoms with Crippen LogP contribution in [0.4, 0.5) is 5.69 Å². The molecule has 1 aromatic carbocycles. The Morgan fingerprint density at radius 1 is 1.22 bits per heavy atom. The number of hydrogen-bond donors (Lipinski definition) is 2. The molecule has 2 N–H and O–H groups in total. The quantitative estimate of drug-likeness (QED) is 0.262. The van der Waals surface area contributed by atoms with Crippen LogP contribution in [-0.2, 0) is 0 Å². The average Bonchev–Trinajstić information content (AvgIpc) is 2.57. The number of hydrogen-bond acceptors (Lipinski definition) is 3. The molecule has 0 aromatic heterocycles. The first-order chi connectivity index (χ1) is 10.7. The Morgan fingerprint density at radius 3 is 2.52 bits per heavy atom. The van der Waals surface area contributed by atoms with Gasteiger partial charge in [-0.25, -0.2) is 0 Å². The standard InChI is InChI=1S/C17H30N4S.HI/c1-15(21(3)16-10-6-5-7-11-16)14-20-17(18-2)19-12-8-9-13-22-4;/h5-7,10-11,15H,8-9,12-14H2,1-4H3,(H2,18,19,20);1H. The third-order valence-corrected chi connectivity index (χ3v) is 4.38. The van der Waals surface area contributed by atoms with E-state index in [9.17, 15) is 0 Å². The maximum absolute atomic E-state index is 4.28. The summed E-state index contributed by atoms with van der Waals surface area (Å²) >= 11 is 1.90. The molecule has 1 unspecified atom stereocenters. The highest BCUT2D eigenvalue weighted by Crippen LogP contribution is 2.13. The van der Waals surface area contributed by atoms with E-state index in [0.29, 0.717) is 6.04 Å². The summed E-state index contributed by atoms with van der Waals surface area (Å²) in [5.41, 5.74) is 1.23. The second-order valence-corrected chi connectivity index (χ2v) is 6.36. The number of thioether (sulfide) groups is 1. The van der Waals surface area contributed by atoms with Crippen molar-refractivity contribution in [3.8, 4) is 0 Å². The topological polar surface area (TPSA) is 39.7 Å². The molecule has 1 rings (SSSR count). The second kappa shape index (κ2) is 13.8. The Hall–Kier alpha value is -0.630. The van der Waals surface area contributed by atoms with Crippen LogP contribution in [0.2, 0.25) is 0 Å². The van der Waals surface area contributed by atoms with Crippen LogP contribution < -0.4 is 15.5 Å². The van der Waals surface area contributed by atoms with Crippen molar-refractivity contribution in [1.29, 1.82) is 0 Å². The minimum absolute atomic E-state index is 0. The van der Waals surface area contributed by atoms with E-state index in [4.69, 9.17) is 0 Å². The molecule has 23 heavy (non-hydrogen) atoms. The summed E-state index contributed by atoms with van der Waals surface area (Å²) in [5, 5.41) is 6.78. The van der Waals surface area contributed by atoms with Crippen molar-refractivity contribution in [2.24, 2.45) is 4.99 Å². The van der Waals surface area contributed by atoms with Crippen LogP contribution in [0.3, 0.4) is 0 Å². The lowest BCUT2D eigenvalue weighted by molar-refractivity contribution is 0.644. The Kier molecular flexibility index (Phi) is 13.4. The monoisotopic (exact) mass is 450 g/mol. The number of para-hydroxylation sites is 1. The summed E-state index contributed by atoms with van der Waals surface area (Å²) in [6.07, 6.45) is 4.58. The van der Waals surface area contributed by atoms with Crippen molar-refractivity contribution < 1.29 is 0 Å². The van der Waals surface area contributed by atoms with E-state index in [0.717, 1.165) is 19.0 Å². The van der Waals surface area contributed by atoms with Gasteiger partial charge in [-0.2, -0.15) is 11.8 Å². The first kappa shape index (κ1) is 22.4. The van der Waals surface area contributed by atoms with Crippen LogP contribution in [0.5, 0.6) is 0 Å². The number of aliphatic imine (C=N–C) groups is 1. The Morgan fingerprint density at radius 2 is 1.91 bits per heavy atom. The van der Waals surface area contributed by atoms with Crippen molar-refractivity contribution in [1.82, 2.24) is 10.6 Å². The fourth-order valence-electron chi connectivity index (χ4n) is 2.10. The van der Waals surface area contributed by atoms with E-state index in [1.165, 1.54) is 24.3 Å². The zero-order chi connectivity index (χ0) is 16.2. The summed E-state index contributed by atoms with van der Waals surface area (Å²) in [6.45, 7) is 4.05. The van der Waals surface area contributed by atoms with Crippen LogP contribution in [-0.4, -0.2) is 51.2 Å². The molecular formula is C17H31IN4S. The molecular weight excluding hydrogens is 419 g/mol. The van der Waals surface area contributed by atoms with Gasteiger partial charge in [-0.15, -0.1) is 24.0 Å². The Bertz CT molecular complexity index is 428. The normalized spacial score (nSPS) is 12.3. The van der Waals surface area contributed by atoms with Gasteiger partial charge in [0.2, 0.25) is 0 Å². The molecule has 0 amide bonds. The molecule has 0 heterocycles. The lowest BCUT2D eigenvalue weighted by atomic mass is 10.2. The first-order valence-electron chi connectivity index (χ1n) is 7.90. The predicted octanol–water partition coefficient (Wildman–Crippen LogP) is 3.44. The molecule has 4 nitrogen and oxygen atoms in total. The molecule has 0 aliphatic heterocycles. The first-order valence-corrected chi connectivity index (χ1v) is 9.29. The smallest absolute Gasteiger partial charge is 0.191 e. The van der Waals surface area contributed by atoms with Crippen LogP contribution in [0, 0.1) is 0 Å². The van der Waals surface area contributed by atoms with Gasteiger partial charge in [0, 0.05) is 38.9 Å². The SMILES string of the molecule is CN=C(NCCCCSC)NCC(C)N(C)c1ccccc1.I. The maximum atomic E-state index is 4.28. The molecule has 0 saturated carbocycles. The molecule has 0 aliphatic rings. The molecule has 1 aromatic rings. The van der Waals surface area contributed by atoms with E-state index < -0.39 is 0 Å². The highest BCUT2D eigenvalue weighted by molar-refractivity contribution is 14.0. The van der Waals surface area contributed by atoms with Crippen LogP contribution in [0.15, 0.2) is 35.3 Å². The molecule has 0 saturated heterocycles. The van der Waals surface area contributed by atoms with E-state index in [1.807, 2.05) is 24.9 Å². The van der Waals surface area contributed by atoms with Crippen molar-refractivity contribution in [3.63, 3.8) is 0 Å². The van der Waals surface area contributed by atoms with E-state index in [1.54, 1.807) is 0 Å². The number of unbranched alkanes of at least 4 members (excludes halogenated alkanes) is 1. The number of benzene rings is 1. The lowest BCUT2D eigenvalue weighted by Crippen LogP contribution is -2.45. The van der Waals surface area contributed by atoms with Gasteiger partial charge in [-0.3, -0.25) is 4.99 Å². The fourth-order valence-corrected chi connectivity index (χ4v) is 2.59. The van der Waals surface area contributed by atoms with Crippen molar-refractivity contribution in [2.45, 2.75) is 25.8 Å². The number of nitrogens with zero attached hydrogens (tertiary/aromatic N) is 2. The van der Waals surface area contributed by atoms with Gasteiger partial charge in [0.05, 0.1) is 0 Å². The van der Waals surface area contributed by atoms with Crippen molar-refractivity contribution >= 4 is 47.4 Å². The maximum Gasteiger partial charge on any atom is 0.191 e. The van der Waals surface area contributed by atoms with E-state index in [2.05, 4.69) is 65.0 Å². The van der Waals surface area contributed by atoms with Gasteiger partial charge in [-0.05, 0) is 43.9 Å². The molecule has 0 fully saturated rings. The zero-order valence-electron chi connectivity index (χ0n) is 14.7. The highest BCUT2D eigenvalue weighted by Gasteiger charge is 2.10. The fraction of sp³-hybridized carbons (Fsp3) is 0.588. The average molecular weight is 450 g/mol. The van der Waals surface area contributed by atoms with Crippen LogP contribution >= 0.6 is 35.7 Å². The van der Waals surface area contributed by atoms with Gasteiger partial charge in [0.25, 0.3) is 0 Å². The van der Waals surface area contributed by atoms with E-state index in [-0.39, 0.29) is 24.0 Å². The number of rotatable bonds is 9. The summed E-state index contributed by atoms with van der Waals surface area (Å²) < 4.78 is 0. The third kappa shape index (κ3) is 9.30.